The van der Waals surface area contributed by atoms with Crippen molar-refractivity contribution in [2.45, 2.75) is 0 Å². The molecule has 14 nitrogen and oxygen atoms in total. The van der Waals surface area contributed by atoms with Gasteiger partial charge in [-0.15, -0.1) is 10.2 Å². The number of rotatable bonds is 7. The summed E-state index contributed by atoms with van der Waals surface area (Å²) in [6.07, 6.45) is 0. The number of carbonyl (C=O) groups excluding carboxylic acids is 2. The number of hydrazine groups is 1. The zero-order chi connectivity index (χ0) is 24.0. The molecule has 3 rings (SSSR count). The van der Waals surface area contributed by atoms with Crippen molar-refractivity contribution in [3.63, 3.8) is 0 Å². The number of nitro benzene ring substituents is 2. The average molecular weight is 488 g/mol. The summed E-state index contributed by atoms with van der Waals surface area (Å²) in [4.78, 5) is 44.5. The van der Waals surface area contributed by atoms with Crippen molar-refractivity contribution in [1.82, 2.24) is 20.9 Å². The summed E-state index contributed by atoms with van der Waals surface area (Å²) < 4.78 is 0. The molecular formula is C17H12N8O6S2. The minimum Gasteiger partial charge on any atom is -0.298 e. The lowest BCUT2D eigenvalue weighted by atomic mass is 10.2. The Hall–Kier alpha value is -4.57. The Balaban J connectivity index is 1.49. The second kappa shape index (κ2) is 10.2. The largest absolute Gasteiger partial charge is 0.298 e. The molecule has 1 heterocycles. The van der Waals surface area contributed by atoms with E-state index in [-0.39, 0.29) is 37.9 Å². The molecule has 16 heteroatoms. The van der Waals surface area contributed by atoms with Gasteiger partial charge in [0, 0.05) is 35.4 Å². The van der Waals surface area contributed by atoms with Gasteiger partial charge in [0.05, 0.1) is 9.85 Å². The molecule has 3 aromatic rings. The molecule has 0 fully saturated rings. The predicted molar refractivity (Wildman–Crippen MR) is 121 cm³/mol. The standard InChI is InChI=1S/C17H12N8O6S2/c26-13(9-1-5-11(6-2-9)24(28)29)18-15(32)20-22-17-23-21-16(33-17)19-14(27)10-3-7-12(8-4-10)25(30)31/h1-8H,(H,22,23)(H,19,21,27)(H2,18,20,26,32). The molecule has 0 atom stereocenters. The first-order valence-corrected chi connectivity index (χ1v) is 9.96. The van der Waals surface area contributed by atoms with Gasteiger partial charge in [-0.25, -0.2) is 0 Å². The molecule has 0 saturated heterocycles. The van der Waals surface area contributed by atoms with Crippen LogP contribution in [0.5, 0.6) is 0 Å². The molecule has 0 aliphatic rings. The average Bonchev–Trinajstić information content (AvgIpc) is 3.25. The second-order valence-corrected chi connectivity index (χ2v) is 7.39. The Bertz CT molecular complexity index is 1230. The summed E-state index contributed by atoms with van der Waals surface area (Å²) in [5.74, 6) is -1.12. The number of nitrogens with zero attached hydrogens (tertiary/aromatic N) is 4. The number of carbonyl (C=O) groups is 2. The zero-order valence-corrected chi connectivity index (χ0v) is 17.8. The van der Waals surface area contributed by atoms with E-state index in [4.69, 9.17) is 12.2 Å². The molecule has 2 aromatic carbocycles. The van der Waals surface area contributed by atoms with E-state index in [2.05, 4.69) is 31.7 Å². The van der Waals surface area contributed by atoms with Crippen LogP contribution in [-0.4, -0.2) is 37.0 Å². The molecule has 2 amide bonds. The lowest BCUT2D eigenvalue weighted by Gasteiger charge is -2.09. The highest BCUT2D eigenvalue weighted by molar-refractivity contribution is 7.80. The molecule has 0 aliphatic heterocycles. The first kappa shape index (κ1) is 23.1. The number of hydrogen-bond acceptors (Lipinski definition) is 11. The molecule has 33 heavy (non-hydrogen) atoms. The highest BCUT2D eigenvalue weighted by atomic mass is 32.1. The minimum atomic E-state index is -0.586. The number of hydrogen-bond donors (Lipinski definition) is 4. The SMILES string of the molecule is O=C(NC(=S)NNc1nnc(NC(=O)c2ccc([N+](=O)[O-])cc2)s1)c1ccc([N+](=O)[O-])cc1. The van der Waals surface area contributed by atoms with Gasteiger partial charge < -0.3 is 0 Å². The molecule has 0 aliphatic carbocycles. The molecule has 0 unspecified atom stereocenters. The van der Waals surface area contributed by atoms with Gasteiger partial charge in [-0.2, -0.15) is 0 Å². The molecule has 0 saturated carbocycles. The number of nitrogens with one attached hydrogen (secondary N) is 4. The van der Waals surface area contributed by atoms with Crippen LogP contribution < -0.4 is 21.5 Å². The van der Waals surface area contributed by atoms with Gasteiger partial charge in [0.15, 0.2) is 5.11 Å². The normalized spacial score (nSPS) is 10.1. The van der Waals surface area contributed by atoms with Gasteiger partial charge in [-0.05, 0) is 36.5 Å². The number of benzene rings is 2. The smallest absolute Gasteiger partial charge is 0.269 e. The number of non-ortho nitro benzene ring substituents is 2. The van der Waals surface area contributed by atoms with Crippen molar-refractivity contribution in [2.24, 2.45) is 0 Å². The van der Waals surface area contributed by atoms with Crippen LogP contribution in [0.15, 0.2) is 48.5 Å². The van der Waals surface area contributed by atoms with Crippen molar-refractivity contribution in [1.29, 1.82) is 0 Å². The quantitative estimate of drug-likeness (QED) is 0.216. The van der Waals surface area contributed by atoms with Gasteiger partial charge in [-0.3, -0.25) is 51.3 Å². The first-order valence-electron chi connectivity index (χ1n) is 8.74. The third-order valence-corrected chi connectivity index (χ3v) is 4.79. The van der Waals surface area contributed by atoms with Crippen LogP contribution in [0.4, 0.5) is 21.6 Å². The van der Waals surface area contributed by atoms with Crippen LogP contribution in [0, 0.1) is 20.2 Å². The first-order chi connectivity index (χ1) is 15.7. The van der Waals surface area contributed by atoms with E-state index in [1.807, 2.05) is 0 Å². The predicted octanol–water partition coefficient (Wildman–Crippen LogP) is 2.24. The Morgan fingerprint density at radius 3 is 1.82 bits per heavy atom. The maximum Gasteiger partial charge on any atom is 0.269 e. The molecule has 4 N–H and O–H groups in total. The molecule has 0 bridgehead atoms. The fraction of sp³-hybridized carbons (Fsp3) is 0. The van der Waals surface area contributed by atoms with Crippen LogP contribution in [0.25, 0.3) is 0 Å². The van der Waals surface area contributed by atoms with Crippen molar-refractivity contribution < 1.29 is 19.4 Å². The van der Waals surface area contributed by atoms with Gasteiger partial charge >= 0.3 is 0 Å². The Labute approximate surface area is 193 Å². The monoisotopic (exact) mass is 488 g/mol. The Kier molecular flexibility index (Phi) is 7.11. The van der Waals surface area contributed by atoms with E-state index >= 15 is 0 Å². The number of nitro groups is 2. The number of amides is 2. The van der Waals surface area contributed by atoms with Gasteiger partial charge in [0.2, 0.25) is 10.3 Å². The molecule has 0 radical (unpaired) electrons. The van der Waals surface area contributed by atoms with Crippen LogP contribution in [0.2, 0.25) is 0 Å². The van der Waals surface area contributed by atoms with Crippen LogP contribution >= 0.6 is 23.6 Å². The van der Waals surface area contributed by atoms with Crippen molar-refractivity contribution in [3.8, 4) is 0 Å². The van der Waals surface area contributed by atoms with Crippen LogP contribution in [0.1, 0.15) is 20.7 Å². The maximum absolute atomic E-state index is 12.2. The highest BCUT2D eigenvalue weighted by Gasteiger charge is 2.14. The van der Waals surface area contributed by atoms with Gasteiger partial charge in [0.1, 0.15) is 0 Å². The lowest BCUT2D eigenvalue weighted by molar-refractivity contribution is -0.385. The third-order valence-electron chi connectivity index (χ3n) is 3.84. The van der Waals surface area contributed by atoms with E-state index in [1.165, 1.54) is 48.5 Å². The fourth-order valence-electron chi connectivity index (χ4n) is 2.28. The maximum atomic E-state index is 12.2. The zero-order valence-electron chi connectivity index (χ0n) is 16.2. The summed E-state index contributed by atoms with van der Waals surface area (Å²) in [6, 6.07) is 9.98. The minimum absolute atomic E-state index is 0.106. The molecule has 0 spiro atoms. The molecule has 168 valence electrons. The van der Waals surface area contributed by atoms with Crippen molar-refractivity contribution in [2.75, 3.05) is 10.7 Å². The summed E-state index contributed by atoms with van der Waals surface area (Å²) in [5.41, 5.74) is 5.18. The van der Waals surface area contributed by atoms with Gasteiger partial charge in [0.25, 0.3) is 23.2 Å². The summed E-state index contributed by atoms with van der Waals surface area (Å²) in [6.45, 7) is 0. The Morgan fingerprint density at radius 1 is 0.818 bits per heavy atom. The lowest BCUT2D eigenvalue weighted by Crippen LogP contribution is -2.41. The number of aromatic nitrogens is 2. The topological polar surface area (TPSA) is 194 Å². The van der Waals surface area contributed by atoms with E-state index < -0.39 is 21.7 Å². The third kappa shape index (κ3) is 6.21. The summed E-state index contributed by atoms with van der Waals surface area (Å²) >= 11 is 5.94. The second-order valence-electron chi connectivity index (χ2n) is 6.01. The Morgan fingerprint density at radius 2 is 1.30 bits per heavy atom. The fourth-order valence-corrected chi connectivity index (χ4v) is 3.02. The number of anilines is 2. The van der Waals surface area contributed by atoms with E-state index in [0.29, 0.717) is 0 Å². The molecular weight excluding hydrogens is 476 g/mol. The summed E-state index contributed by atoms with van der Waals surface area (Å²) in [5, 5.41) is 34.0. The number of thiocarbonyl (C=S) groups is 1. The van der Waals surface area contributed by atoms with E-state index in [9.17, 15) is 29.8 Å². The van der Waals surface area contributed by atoms with Crippen molar-refractivity contribution in [3.05, 3.63) is 79.9 Å². The summed E-state index contributed by atoms with van der Waals surface area (Å²) in [7, 11) is 0. The van der Waals surface area contributed by atoms with Crippen LogP contribution in [-0.2, 0) is 0 Å². The molecule has 1 aromatic heterocycles. The van der Waals surface area contributed by atoms with E-state index in [1.54, 1.807) is 0 Å². The van der Waals surface area contributed by atoms with Gasteiger partial charge in [-0.1, -0.05) is 11.3 Å². The highest BCUT2D eigenvalue weighted by Crippen LogP contribution is 2.20. The van der Waals surface area contributed by atoms with Crippen LogP contribution in [0.3, 0.4) is 0 Å². The van der Waals surface area contributed by atoms with Crippen molar-refractivity contribution >= 4 is 62.1 Å². The van der Waals surface area contributed by atoms with E-state index in [0.717, 1.165) is 11.3 Å².